The van der Waals surface area contributed by atoms with Gasteiger partial charge in [0.15, 0.2) is 5.16 Å². The lowest BCUT2D eigenvalue weighted by atomic mass is 9.98. The summed E-state index contributed by atoms with van der Waals surface area (Å²) >= 11 is 7.51. The minimum absolute atomic E-state index is 0.109. The summed E-state index contributed by atoms with van der Waals surface area (Å²) < 4.78 is 5.19. The van der Waals surface area contributed by atoms with Gasteiger partial charge in [-0.1, -0.05) is 11.8 Å². The molecule has 2 aliphatic rings. The fraction of sp³-hybridized carbons (Fsp3) is 0.562. The Balaban J connectivity index is 1.94. The first-order valence-corrected chi connectivity index (χ1v) is 9.47. The van der Waals surface area contributed by atoms with Gasteiger partial charge >= 0.3 is 5.63 Å². The predicted octanol–water partition coefficient (Wildman–Crippen LogP) is 3.50. The molecule has 2 bridgehead atoms. The third kappa shape index (κ3) is 2.52. The van der Waals surface area contributed by atoms with Gasteiger partial charge in [-0.25, -0.2) is 14.8 Å². The van der Waals surface area contributed by atoms with E-state index in [2.05, 4.69) is 14.9 Å². The van der Waals surface area contributed by atoms with Crippen LogP contribution in [0.25, 0.3) is 10.9 Å². The molecule has 1 saturated carbocycles. The Hall–Kier alpha value is -1.27. The van der Waals surface area contributed by atoms with Gasteiger partial charge in [-0.3, -0.25) is 0 Å². The van der Waals surface area contributed by atoms with Crippen LogP contribution in [0.2, 0.25) is 5.22 Å². The van der Waals surface area contributed by atoms with E-state index in [1.54, 1.807) is 0 Å². The number of fused-ring (bicyclic) bond motifs is 3. The van der Waals surface area contributed by atoms with E-state index < -0.39 is 5.63 Å². The zero-order valence-electron chi connectivity index (χ0n) is 13.1. The van der Waals surface area contributed by atoms with Gasteiger partial charge in [0.2, 0.25) is 5.22 Å². The van der Waals surface area contributed by atoms with E-state index in [4.69, 9.17) is 16.0 Å². The molecule has 0 aromatic carbocycles. The quantitative estimate of drug-likeness (QED) is 0.609. The second-order valence-corrected chi connectivity index (χ2v) is 7.61. The molecule has 2 aromatic heterocycles. The summed E-state index contributed by atoms with van der Waals surface area (Å²) in [6, 6.07) is 0. The van der Waals surface area contributed by atoms with Crippen LogP contribution in [0.5, 0.6) is 0 Å². The lowest BCUT2D eigenvalue weighted by Gasteiger charge is -2.33. The maximum Gasteiger partial charge on any atom is 0.350 e. The molecule has 2 unspecified atom stereocenters. The molecule has 1 saturated heterocycles. The summed E-state index contributed by atoms with van der Waals surface area (Å²) in [6.07, 6.45) is 5.79. The highest BCUT2D eigenvalue weighted by molar-refractivity contribution is 7.98. The molecule has 0 radical (unpaired) electrons. The van der Waals surface area contributed by atoms with Crippen molar-refractivity contribution >= 4 is 40.1 Å². The fourth-order valence-corrected chi connectivity index (χ4v) is 4.41. The summed E-state index contributed by atoms with van der Waals surface area (Å²) in [6.45, 7) is 3.74. The van der Waals surface area contributed by atoms with E-state index >= 15 is 0 Å². The van der Waals surface area contributed by atoms with Crippen molar-refractivity contribution in [2.24, 2.45) is 11.8 Å². The lowest BCUT2D eigenvalue weighted by Crippen LogP contribution is -2.37. The Kier molecular flexibility index (Phi) is 3.76. The Morgan fingerprint density at radius 2 is 1.96 bits per heavy atom. The first-order chi connectivity index (χ1) is 11.1. The molecule has 5 nitrogen and oxygen atoms in total. The molecule has 23 heavy (non-hydrogen) atoms. The van der Waals surface area contributed by atoms with Gasteiger partial charge in [-0.05, 0) is 55.9 Å². The predicted molar refractivity (Wildman–Crippen MR) is 92.6 cm³/mol. The number of halogens is 1. The third-order valence-corrected chi connectivity index (χ3v) is 5.90. The average Bonchev–Trinajstić information content (AvgIpc) is 2.89. The molecule has 7 heteroatoms. The second kappa shape index (κ2) is 5.67. The highest BCUT2D eigenvalue weighted by Gasteiger charge is 2.35. The standard InChI is InChI=1S/C16H18ClN3O2S/c1-8-12-11(15(21)22-13(8)17)14(19-16(18-12)23-2)20-6-9-3-4-10(5-9)7-20/h9-10H,3-7H2,1-2H3. The molecule has 0 N–H and O–H groups in total. The minimum atomic E-state index is -0.448. The van der Waals surface area contributed by atoms with Crippen LogP contribution in [-0.2, 0) is 0 Å². The summed E-state index contributed by atoms with van der Waals surface area (Å²) in [5, 5.41) is 1.24. The maximum absolute atomic E-state index is 12.4. The van der Waals surface area contributed by atoms with Crippen LogP contribution in [0.4, 0.5) is 5.82 Å². The normalized spacial score (nSPS) is 23.7. The molecule has 1 aliphatic heterocycles. The van der Waals surface area contributed by atoms with E-state index in [9.17, 15) is 4.79 Å². The highest BCUT2D eigenvalue weighted by atomic mass is 35.5. The first-order valence-electron chi connectivity index (χ1n) is 7.86. The third-order valence-electron chi connectivity index (χ3n) is 4.99. The van der Waals surface area contributed by atoms with Crippen molar-refractivity contribution in [1.29, 1.82) is 0 Å². The average molecular weight is 352 g/mol. The van der Waals surface area contributed by atoms with Gasteiger partial charge in [-0.15, -0.1) is 0 Å². The van der Waals surface area contributed by atoms with Crippen LogP contribution >= 0.6 is 23.4 Å². The maximum atomic E-state index is 12.4. The number of aryl methyl sites for hydroxylation is 1. The van der Waals surface area contributed by atoms with Gasteiger partial charge in [-0.2, -0.15) is 0 Å². The highest BCUT2D eigenvalue weighted by Crippen LogP contribution is 2.39. The molecular weight excluding hydrogens is 334 g/mol. The van der Waals surface area contributed by atoms with Crippen molar-refractivity contribution in [1.82, 2.24) is 9.97 Å². The number of nitrogens with zero attached hydrogens (tertiary/aromatic N) is 3. The molecule has 4 rings (SSSR count). The number of rotatable bonds is 2. The second-order valence-electron chi connectivity index (χ2n) is 6.50. The van der Waals surface area contributed by atoms with Crippen molar-refractivity contribution in [2.45, 2.75) is 31.3 Å². The topological polar surface area (TPSA) is 59.2 Å². The van der Waals surface area contributed by atoms with Crippen LogP contribution in [-0.4, -0.2) is 29.3 Å². The number of thioether (sulfide) groups is 1. The fourth-order valence-electron chi connectivity index (χ4n) is 3.89. The molecule has 0 spiro atoms. The van der Waals surface area contributed by atoms with Crippen LogP contribution < -0.4 is 10.5 Å². The van der Waals surface area contributed by atoms with Gasteiger partial charge in [0.05, 0.1) is 5.52 Å². The first kappa shape index (κ1) is 15.3. The summed E-state index contributed by atoms with van der Waals surface area (Å²) in [5.74, 6) is 2.12. The Labute approximate surface area is 143 Å². The molecule has 2 fully saturated rings. The number of piperidine rings is 1. The zero-order chi connectivity index (χ0) is 16.1. The molecule has 0 amide bonds. The molecule has 2 aromatic rings. The van der Waals surface area contributed by atoms with Gasteiger partial charge in [0.25, 0.3) is 0 Å². The number of aromatic nitrogens is 2. The van der Waals surface area contributed by atoms with Crippen LogP contribution in [0, 0.1) is 18.8 Å². The van der Waals surface area contributed by atoms with Crippen molar-refractivity contribution in [3.05, 3.63) is 21.2 Å². The molecule has 3 heterocycles. The summed E-state index contributed by atoms with van der Waals surface area (Å²) in [7, 11) is 0. The van der Waals surface area contributed by atoms with E-state index in [1.807, 2.05) is 13.2 Å². The number of hydrogen-bond donors (Lipinski definition) is 0. The van der Waals surface area contributed by atoms with Crippen molar-refractivity contribution < 1.29 is 4.42 Å². The SMILES string of the molecule is CSc1nc(N2CC3CCC(C3)C2)c2c(=O)oc(Cl)c(C)c2n1. The number of hydrogen-bond acceptors (Lipinski definition) is 6. The van der Waals surface area contributed by atoms with Gasteiger partial charge in [0, 0.05) is 18.7 Å². The zero-order valence-corrected chi connectivity index (χ0v) is 14.7. The van der Waals surface area contributed by atoms with E-state index in [-0.39, 0.29) is 5.22 Å². The molecule has 122 valence electrons. The van der Waals surface area contributed by atoms with Crippen molar-refractivity contribution in [2.75, 3.05) is 24.2 Å². The van der Waals surface area contributed by atoms with Crippen LogP contribution in [0.15, 0.2) is 14.4 Å². The van der Waals surface area contributed by atoms with Gasteiger partial charge < -0.3 is 9.32 Å². The monoisotopic (exact) mass is 351 g/mol. The molecule has 2 atom stereocenters. The Bertz CT molecular complexity index is 826. The van der Waals surface area contributed by atoms with Crippen LogP contribution in [0.3, 0.4) is 0 Å². The van der Waals surface area contributed by atoms with E-state index in [1.165, 1.54) is 31.0 Å². The molecule has 1 aliphatic carbocycles. The largest absolute Gasteiger partial charge is 0.410 e. The van der Waals surface area contributed by atoms with Crippen LogP contribution in [0.1, 0.15) is 24.8 Å². The Morgan fingerprint density at radius 1 is 1.26 bits per heavy atom. The van der Waals surface area contributed by atoms with Crippen molar-refractivity contribution in [3.63, 3.8) is 0 Å². The van der Waals surface area contributed by atoms with E-state index in [0.29, 0.717) is 39.3 Å². The van der Waals surface area contributed by atoms with Crippen molar-refractivity contribution in [3.8, 4) is 0 Å². The minimum Gasteiger partial charge on any atom is -0.410 e. The lowest BCUT2D eigenvalue weighted by molar-refractivity contribution is 0.418. The molecular formula is C16H18ClN3O2S. The number of anilines is 1. The summed E-state index contributed by atoms with van der Waals surface area (Å²) in [4.78, 5) is 23.8. The Morgan fingerprint density at radius 3 is 2.61 bits per heavy atom. The van der Waals surface area contributed by atoms with Gasteiger partial charge in [0.1, 0.15) is 11.2 Å². The summed E-state index contributed by atoms with van der Waals surface area (Å²) in [5.41, 5.74) is 0.856. The van der Waals surface area contributed by atoms with E-state index in [0.717, 1.165) is 13.1 Å². The smallest absolute Gasteiger partial charge is 0.350 e.